The van der Waals surface area contributed by atoms with E-state index in [-0.39, 0.29) is 0 Å². The zero-order chi connectivity index (χ0) is 4.99. The third-order valence-corrected chi connectivity index (χ3v) is 0.449. The van der Waals surface area contributed by atoms with E-state index < -0.39 is 0 Å². The predicted molar refractivity (Wildman–Crippen MR) is 23.0 cm³/mol. The van der Waals surface area contributed by atoms with Crippen molar-refractivity contribution in [1.29, 1.82) is 0 Å². The number of terminal acetylenes is 1. The molecule has 0 aromatic heterocycles. The van der Waals surface area contributed by atoms with Gasteiger partial charge in [0.2, 0.25) is 0 Å². The Kier molecular flexibility index (Phi) is 2.26. The van der Waals surface area contributed by atoms with Crippen molar-refractivity contribution in [2.45, 2.75) is 6.92 Å². The molecule has 0 spiro atoms. The lowest BCUT2D eigenvalue weighted by molar-refractivity contribution is -0.0226. The summed E-state index contributed by atoms with van der Waals surface area (Å²) in [5, 5.41) is 9.04. The summed E-state index contributed by atoms with van der Waals surface area (Å²) >= 11 is 0. The molecule has 2 heteroatoms. The standard InChI is InChI=1S/C4H7NO/c1-3-5(6)4-2/h1,6H,4H2,2H3. The molecule has 0 saturated heterocycles. The van der Waals surface area contributed by atoms with Gasteiger partial charge in [-0.2, -0.15) is 0 Å². The summed E-state index contributed by atoms with van der Waals surface area (Å²) in [6.45, 7) is 2.25. The van der Waals surface area contributed by atoms with E-state index in [1.165, 1.54) is 0 Å². The molecule has 0 atom stereocenters. The molecule has 0 aliphatic heterocycles. The van der Waals surface area contributed by atoms with Gasteiger partial charge in [-0.3, -0.25) is 5.21 Å². The largest absolute Gasteiger partial charge is 0.281 e. The van der Waals surface area contributed by atoms with Crippen molar-refractivity contribution in [2.75, 3.05) is 6.54 Å². The van der Waals surface area contributed by atoms with Crippen LogP contribution in [0.1, 0.15) is 6.92 Å². The highest BCUT2D eigenvalue weighted by Gasteiger charge is 1.77. The maximum atomic E-state index is 8.26. The molecule has 0 aromatic carbocycles. The topological polar surface area (TPSA) is 23.5 Å². The first kappa shape index (κ1) is 5.32. The zero-order valence-corrected chi connectivity index (χ0v) is 3.68. The Balaban J connectivity index is 3.04. The number of hydrogen-bond acceptors (Lipinski definition) is 2. The fourth-order valence-corrected chi connectivity index (χ4v) is 0.0913. The van der Waals surface area contributed by atoms with Gasteiger partial charge >= 0.3 is 0 Å². The monoisotopic (exact) mass is 85.1 g/mol. The van der Waals surface area contributed by atoms with Crippen molar-refractivity contribution >= 4 is 0 Å². The van der Waals surface area contributed by atoms with Gasteiger partial charge in [0.05, 0.1) is 6.54 Å². The first-order chi connectivity index (χ1) is 2.81. The molecule has 0 rings (SSSR count). The highest BCUT2D eigenvalue weighted by molar-refractivity contribution is 4.76. The van der Waals surface area contributed by atoms with Crippen LogP contribution in [0.15, 0.2) is 0 Å². The van der Waals surface area contributed by atoms with Gasteiger partial charge in [-0.05, 0) is 6.92 Å². The lowest BCUT2D eigenvalue weighted by Crippen LogP contribution is -2.09. The summed E-state index contributed by atoms with van der Waals surface area (Å²) in [7, 11) is 0. The van der Waals surface area contributed by atoms with Crippen LogP contribution in [-0.4, -0.2) is 16.8 Å². The van der Waals surface area contributed by atoms with Gasteiger partial charge in [0.1, 0.15) is 0 Å². The molecule has 0 bridgehead atoms. The fraction of sp³-hybridized carbons (Fsp3) is 0.500. The van der Waals surface area contributed by atoms with Gasteiger partial charge in [0, 0.05) is 6.04 Å². The number of nitrogens with zero attached hydrogens (tertiary/aromatic N) is 1. The SMILES string of the molecule is C#CN(O)CC. The fourth-order valence-electron chi connectivity index (χ4n) is 0.0913. The van der Waals surface area contributed by atoms with Gasteiger partial charge in [-0.1, -0.05) is 6.42 Å². The molecule has 6 heavy (non-hydrogen) atoms. The van der Waals surface area contributed by atoms with Crippen molar-refractivity contribution in [3.05, 3.63) is 0 Å². The minimum absolute atomic E-state index is 0.483. The van der Waals surface area contributed by atoms with Gasteiger partial charge in [0.25, 0.3) is 0 Å². The second-order valence-corrected chi connectivity index (χ2v) is 0.845. The van der Waals surface area contributed by atoms with E-state index in [2.05, 4.69) is 0 Å². The number of hydrogen-bond donors (Lipinski definition) is 1. The van der Waals surface area contributed by atoms with Gasteiger partial charge < -0.3 is 0 Å². The van der Waals surface area contributed by atoms with E-state index in [0.717, 1.165) is 5.06 Å². The molecule has 0 aliphatic carbocycles. The summed E-state index contributed by atoms with van der Waals surface area (Å²) in [6.07, 6.45) is 4.71. The summed E-state index contributed by atoms with van der Waals surface area (Å²) in [5.41, 5.74) is 0. The van der Waals surface area contributed by atoms with Crippen LogP contribution in [0.25, 0.3) is 0 Å². The van der Waals surface area contributed by atoms with Crippen LogP contribution in [-0.2, 0) is 0 Å². The predicted octanol–water partition coefficient (Wildman–Crippen LogP) is 0.288. The number of hydroxylamine groups is 2. The molecule has 0 fully saturated rings. The van der Waals surface area contributed by atoms with Crippen LogP contribution in [0.4, 0.5) is 0 Å². The average molecular weight is 85.1 g/mol. The maximum absolute atomic E-state index is 8.26. The molecule has 0 saturated carbocycles. The lowest BCUT2D eigenvalue weighted by Gasteiger charge is -1.99. The van der Waals surface area contributed by atoms with Crippen LogP contribution >= 0.6 is 0 Å². The normalized spacial score (nSPS) is 6.83. The summed E-state index contributed by atoms with van der Waals surface area (Å²) < 4.78 is 0. The second-order valence-electron chi connectivity index (χ2n) is 0.845. The van der Waals surface area contributed by atoms with E-state index in [1.54, 1.807) is 6.92 Å². The van der Waals surface area contributed by atoms with E-state index >= 15 is 0 Å². The Morgan fingerprint density at radius 1 is 2.00 bits per heavy atom. The zero-order valence-electron chi connectivity index (χ0n) is 3.68. The first-order valence-corrected chi connectivity index (χ1v) is 1.74. The smallest absolute Gasteiger partial charge is 0.0513 e. The average Bonchev–Trinajstić information content (AvgIpc) is 1.65. The molecular weight excluding hydrogens is 78.0 g/mol. The molecule has 34 valence electrons. The Labute approximate surface area is 37.3 Å². The van der Waals surface area contributed by atoms with Crippen LogP contribution in [0.5, 0.6) is 0 Å². The van der Waals surface area contributed by atoms with Gasteiger partial charge in [-0.15, -0.1) is 0 Å². The highest BCUT2D eigenvalue weighted by Crippen LogP contribution is 1.68. The van der Waals surface area contributed by atoms with Crippen molar-refractivity contribution < 1.29 is 5.21 Å². The molecule has 0 heterocycles. The third-order valence-electron chi connectivity index (χ3n) is 0.449. The van der Waals surface area contributed by atoms with Crippen molar-refractivity contribution in [2.24, 2.45) is 0 Å². The molecule has 0 amide bonds. The minimum atomic E-state index is 0.483. The Morgan fingerprint density at radius 2 is 2.50 bits per heavy atom. The molecule has 0 unspecified atom stereocenters. The van der Waals surface area contributed by atoms with Crippen molar-refractivity contribution in [3.8, 4) is 12.5 Å². The van der Waals surface area contributed by atoms with E-state index in [1.807, 2.05) is 6.04 Å². The molecule has 1 N–H and O–H groups in total. The van der Waals surface area contributed by atoms with Crippen LogP contribution in [0.3, 0.4) is 0 Å². The Morgan fingerprint density at radius 3 is 2.50 bits per heavy atom. The summed E-state index contributed by atoms with van der Waals surface area (Å²) in [6, 6.07) is 2.00. The van der Waals surface area contributed by atoms with E-state index in [9.17, 15) is 0 Å². The van der Waals surface area contributed by atoms with Crippen molar-refractivity contribution in [1.82, 2.24) is 5.06 Å². The second kappa shape index (κ2) is 2.55. The summed E-state index contributed by atoms with van der Waals surface area (Å²) in [4.78, 5) is 0. The maximum Gasteiger partial charge on any atom is 0.0513 e. The first-order valence-electron chi connectivity index (χ1n) is 1.74. The molecule has 2 nitrogen and oxygen atoms in total. The molecule has 0 aliphatic rings. The molecular formula is C4H7NO. The van der Waals surface area contributed by atoms with Crippen LogP contribution in [0.2, 0.25) is 0 Å². The van der Waals surface area contributed by atoms with Gasteiger partial charge in [-0.25, -0.2) is 5.06 Å². The number of rotatable bonds is 1. The highest BCUT2D eigenvalue weighted by atomic mass is 16.5. The van der Waals surface area contributed by atoms with Crippen LogP contribution in [0, 0.1) is 12.5 Å². The van der Waals surface area contributed by atoms with Gasteiger partial charge in [0.15, 0.2) is 0 Å². The lowest BCUT2D eigenvalue weighted by atomic mass is 10.7. The Bertz CT molecular complexity index is 64.4. The van der Waals surface area contributed by atoms with E-state index in [4.69, 9.17) is 11.6 Å². The molecule has 0 radical (unpaired) electrons. The Hall–Kier alpha value is -0.680. The third kappa shape index (κ3) is 1.62. The van der Waals surface area contributed by atoms with Crippen molar-refractivity contribution in [3.63, 3.8) is 0 Å². The quantitative estimate of drug-likeness (QED) is 0.281. The van der Waals surface area contributed by atoms with Crippen LogP contribution < -0.4 is 0 Å². The summed E-state index contributed by atoms with van der Waals surface area (Å²) in [5.74, 6) is 0. The van der Waals surface area contributed by atoms with E-state index in [0.29, 0.717) is 6.54 Å². The molecule has 0 aromatic rings. The minimum Gasteiger partial charge on any atom is -0.281 e.